The fourth-order valence-electron chi connectivity index (χ4n) is 1.88. The highest BCUT2D eigenvalue weighted by atomic mass is 14.1. The lowest BCUT2D eigenvalue weighted by Gasteiger charge is -2.03. The van der Waals surface area contributed by atoms with Gasteiger partial charge in [-0.1, -0.05) is 17.5 Å². The van der Waals surface area contributed by atoms with Crippen LogP contribution < -0.4 is 0 Å². The highest BCUT2D eigenvalue weighted by Crippen LogP contribution is 2.28. The van der Waals surface area contributed by atoms with Crippen LogP contribution in [0.25, 0.3) is 16.3 Å². The fourth-order valence-corrected chi connectivity index (χ4v) is 1.88. The molecule has 0 nitrogen and oxygen atoms in total. The lowest BCUT2D eigenvalue weighted by molar-refractivity contribution is 1.80. The van der Waals surface area contributed by atoms with Crippen molar-refractivity contribution in [1.82, 2.24) is 0 Å². The Morgan fingerprint density at radius 1 is 1.07 bits per heavy atom. The summed E-state index contributed by atoms with van der Waals surface area (Å²) >= 11 is 0. The second kappa shape index (κ2) is 2.80. The lowest BCUT2D eigenvalue weighted by Crippen LogP contribution is -1.73. The van der Waals surface area contributed by atoms with Gasteiger partial charge in [0, 0.05) is 0 Å². The molecule has 0 heteroatoms. The van der Waals surface area contributed by atoms with Crippen molar-refractivity contribution in [1.29, 1.82) is 0 Å². The maximum atomic E-state index is 3.23. The van der Waals surface area contributed by atoms with Crippen molar-refractivity contribution in [3.8, 4) is 0 Å². The molecule has 0 spiro atoms. The van der Waals surface area contributed by atoms with Crippen LogP contribution in [0.4, 0.5) is 0 Å². The molecule has 0 N–H and O–H groups in total. The van der Waals surface area contributed by atoms with Gasteiger partial charge < -0.3 is 0 Å². The predicted molar refractivity (Wildman–Crippen MR) is 60.2 cm³/mol. The van der Waals surface area contributed by atoms with Crippen LogP contribution in [0.5, 0.6) is 0 Å². The van der Waals surface area contributed by atoms with E-state index in [2.05, 4.69) is 48.2 Å². The number of allylic oxidation sites excluding steroid dienone is 3. The average Bonchev–Trinajstić information content (AvgIpc) is 2.85. The maximum Gasteiger partial charge on any atom is -0.0164 e. The Bertz CT molecular complexity index is 573. The van der Waals surface area contributed by atoms with Gasteiger partial charge in [0.1, 0.15) is 0 Å². The summed E-state index contributed by atoms with van der Waals surface area (Å²) < 4.78 is 0. The molecular weight excluding hydrogens is 168 g/mol. The van der Waals surface area contributed by atoms with E-state index in [0.717, 1.165) is 0 Å². The van der Waals surface area contributed by atoms with Gasteiger partial charge in [0.05, 0.1) is 0 Å². The molecule has 0 radical (unpaired) electrons. The third kappa shape index (κ3) is 0.985. The summed E-state index contributed by atoms with van der Waals surface area (Å²) in [5.74, 6) is 0. The Balaban J connectivity index is 2.32. The van der Waals surface area contributed by atoms with Crippen LogP contribution in [-0.4, -0.2) is 0 Å². The van der Waals surface area contributed by atoms with Crippen LogP contribution in [-0.2, 0) is 0 Å². The van der Waals surface area contributed by atoms with Crippen LogP contribution in [0.1, 0.15) is 5.56 Å². The summed E-state index contributed by atoms with van der Waals surface area (Å²) in [6.45, 7) is 0. The van der Waals surface area contributed by atoms with Crippen LogP contribution >= 0.6 is 0 Å². The molecule has 0 amide bonds. The van der Waals surface area contributed by atoms with E-state index < -0.39 is 0 Å². The lowest BCUT2D eigenvalue weighted by atomic mass is 10.1. The molecule has 1 aliphatic rings. The smallest absolute Gasteiger partial charge is 0.0164 e. The van der Waals surface area contributed by atoms with Gasteiger partial charge in [-0.2, -0.15) is 0 Å². The van der Waals surface area contributed by atoms with Crippen molar-refractivity contribution in [2.45, 2.75) is 0 Å². The Labute approximate surface area is 82.9 Å². The SMILES string of the molecule is C1=CC=CC=1c1cc[c-]2ccccc12. The molecule has 0 saturated heterocycles. The third-order valence-electron chi connectivity index (χ3n) is 2.57. The molecule has 3 rings (SSSR count). The molecule has 0 unspecified atom stereocenters. The molecule has 0 aliphatic heterocycles. The zero-order valence-electron chi connectivity index (χ0n) is 7.70. The standard InChI is InChI=1S/C14H9/c1-2-6-11(5-1)14-10-9-12-7-3-4-8-13(12)14/h1-5,7-10H/q-1. The number of hydrogen-bond acceptors (Lipinski definition) is 0. The summed E-state index contributed by atoms with van der Waals surface area (Å²) in [5.41, 5.74) is 5.70. The molecule has 0 fully saturated rings. The molecule has 0 heterocycles. The number of fused-ring (bicyclic) bond motifs is 1. The molecule has 14 heavy (non-hydrogen) atoms. The normalized spacial score (nSPS) is 13.9. The monoisotopic (exact) mass is 177 g/mol. The first-order valence-corrected chi connectivity index (χ1v) is 4.73. The average molecular weight is 177 g/mol. The van der Waals surface area contributed by atoms with E-state index in [1.165, 1.54) is 21.9 Å². The van der Waals surface area contributed by atoms with E-state index in [9.17, 15) is 0 Å². The minimum atomic E-state index is 1.19. The zero-order valence-corrected chi connectivity index (χ0v) is 7.70. The minimum absolute atomic E-state index is 1.19. The number of rotatable bonds is 1. The Kier molecular flexibility index (Phi) is 1.50. The van der Waals surface area contributed by atoms with Crippen LogP contribution in [0.15, 0.2) is 60.4 Å². The predicted octanol–water partition coefficient (Wildman–Crippen LogP) is 3.67. The van der Waals surface area contributed by atoms with Gasteiger partial charge in [-0.15, -0.1) is 53.1 Å². The molecule has 2 aromatic carbocycles. The summed E-state index contributed by atoms with van der Waals surface area (Å²) in [6.07, 6.45) is 6.08. The molecule has 0 atom stereocenters. The zero-order chi connectivity index (χ0) is 9.38. The van der Waals surface area contributed by atoms with Gasteiger partial charge in [0.15, 0.2) is 0 Å². The Hall–Kier alpha value is -1.91. The highest BCUT2D eigenvalue weighted by Gasteiger charge is 1.98. The Morgan fingerprint density at radius 2 is 2.07 bits per heavy atom. The largest absolute Gasteiger partial charge is 0.143 e. The van der Waals surface area contributed by atoms with Gasteiger partial charge in [0.25, 0.3) is 0 Å². The molecule has 2 aromatic rings. The fraction of sp³-hybridized carbons (Fsp3) is 0. The van der Waals surface area contributed by atoms with E-state index in [-0.39, 0.29) is 0 Å². The Morgan fingerprint density at radius 3 is 2.93 bits per heavy atom. The topological polar surface area (TPSA) is 0 Å². The van der Waals surface area contributed by atoms with E-state index >= 15 is 0 Å². The van der Waals surface area contributed by atoms with E-state index in [0.29, 0.717) is 0 Å². The molecule has 0 aromatic heterocycles. The summed E-state index contributed by atoms with van der Waals surface area (Å²) in [5, 5.41) is 2.62. The quantitative estimate of drug-likeness (QED) is 0.460. The van der Waals surface area contributed by atoms with Crippen molar-refractivity contribution < 1.29 is 0 Å². The second-order valence-electron chi connectivity index (χ2n) is 3.42. The van der Waals surface area contributed by atoms with Crippen molar-refractivity contribution in [2.24, 2.45) is 0 Å². The molecule has 0 bridgehead atoms. The number of hydrogen-bond donors (Lipinski definition) is 0. The first-order valence-electron chi connectivity index (χ1n) is 4.73. The van der Waals surface area contributed by atoms with Gasteiger partial charge in [-0.05, 0) is 11.6 Å². The van der Waals surface area contributed by atoms with Crippen molar-refractivity contribution in [2.75, 3.05) is 0 Å². The number of benzene rings is 1. The molecular formula is C14H9-. The first-order chi connectivity index (χ1) is 6.95. The van der Waals surface area contributed by atoms with Crippen LogP contribution in [0.3, 0.4) is 0 Å². The van der Waals surface area contributed by atoms with E-state index in [1.54, 1.807) is 0 Å². The summed E-state index contributed by atoms with van der Waals surface area (Å²) in [4.78, 5) is 0. The van der Waals surface area contributed by atoms with Crippen LogP contribution in [0, 0.1) is 0 Å². The van der Waals surface area contributed by atoms with E-state index in [4.69, 9.17) is 0 Å². The van der Waals surface area contributed by atoms with Gasteiger partial charge in [0.2, 0.25) is 0 Å². The third-order valence-corrected chi connectivity index (χ3v) is 2.57. The second-order valence-corrected chi connectivity index (χ2v) is 3.42. The minimum Gasteiger partial charge on any atom is -0.143 e. The van der Waals surface area contributed by atoms with Gasteiger partial charge in [-0.25, -0.2) is 0 Å². The van der Waals surface area contributed by atoms with E-state index in [1.807, 2.05) is 12.2 Å². The summed E-state index contributed by atoms with van der Waals surface area (Å²) in [6, 6.07) is 12.8. The van der Waals surface area contributed by atoms with Crippen molar-refractivity contribution in [3.63, 3.8) is 0 Å². The van der Waals surface area contributed by atoms with Crippen molar-refractivity contribution >= 4 is 16.3 Å². The maximum absolute atomic E-state index is 3.23. The highest BCUT2D eigenvalue weighted by molar-refractivity contribution is 5.98. The molecule has 66 valence electrons. The van der Waals surface area contributed by atoms with Gasteiger partial charge >= 0.3 is 0 Å². The van der Waals surface area contributed by atoms with Crippen LogP contribution in [0.2, 0.25) is 0 Å². The molecule has 1 aliphatic carbocycles. The molecule has 0 saturated carbocycles. The van der Waals surface area contributed by atoms with Crippen molar-refractivity contribution in [3.05, 3.63) is 65.9 Å². The summed E-state index contributed by atoms with van der Waals surface area (Å²) in [7, 11) is 0. The van der Waals surface area contributed by atoms with Gasteiger partial charge in [-0.3, -0.25) is 0 Å². The first kappa shape index (κ1) is 7.49.